The topological polar surface area (TPSA) is 9.72 Å². The fourth-order valence-corrected chi connectivity index (χ4v) is 10.6. The van der Waals surface area contributed by atoms with E-state index < -0.39 is 22.3 Å². The third-order valence-electron chi connectivity index (χ3n) is 2.45. The molecule has 0 saturated heterocycles. The summed E-state index contributed by atoms with van der Waals surface area (Å²) in [5, 5.41) is 0. The van der Waals surface area contributed by atoms with Crippen LogP contribution in [-0.4, -0.2) is 49.4 Å². The third kappa shape index (κ3) is 4.19. The van der Waals surface area contributed by atoms with Crippen LogP contribution in [0, 0.1) is 0 Å². The molecule has 0 aromatic rings. The van der Waals surface area contributed by atoms with Gasteiger partial charge in [0, 0.05) is 0 Å². The minimum atomic E-state index is -1.79. The van der Waals surface area contributed by atoms with Gasteiger partial charge in [0.2, 0.25) is 0 Å². The summed E-state index contributed by atoms with van der Waals surface area (Å²) in [6.07, 6.45) is 0. The van der Waals surface area contributed by atoms with Crippen LogP contribution in [0.5, 0.6) is 0 Å². The van der Waals surface area contributed by atoms with Gasteiger partial charge in [0.05, 0.1) is 0 Å². The van der Waals surface area contributed by atoms with E-state index >= 15 is 0 Å². The van der Waals surface area contributed by atoms with E-state index in [9.17, 15) is 0 Å². The normalized spacial score (nSPS) is 11.8. The molecular weight excluding hydrogens is 329 g/mol. The third-order valence-corrected chi connectivity index (χ3v) is 13.2. The Morgan fingerprint density at radius 2 is 0.923 bits per heavy atom. The molecular formula is C9H24HfN3. The molecule has 0 aromatic heterocycles. The van der Waals surface area contributed by atoms with Gasteiger partial charge in [-0.25, -0.2) is 0 Å². The number of rotatable bonds is 6. The first-order valence-electron chi connectivity index (χ1n) is 5.08. The molecule has 0 aliphatic heterocycles. The van der Waals surface area contributed by atoms with Crippen molar-refractivity contribution in [2.45, 2.75) is 20.8 Å². The zero-order chi connectivity index (χ0) is 10.4. The van der Waals surface area contributed by atoms with E-state index in [0.29, 0.717) is 0 Å². The van der Waals surface area contributed by atoms with E-state index in [1.165, 1.54) is 19.6 Å². The van der Waals surface area contributed by atoms with Gasteiger partial charge in [-0.1, -0.05) is 0 Å². The van der Waals surface area contributed by atoms with Crippen LogP contribution in [0.2, 0.25) is 0 Å². The second kappa shape index (κ2) is 7.10. The average molecular weight is 353 g/mol. The SMILES string of the molecule is CC[N](C)[Hf]([N](C)CC)[N](C)CC. The Hall–Kier alpha value is 0.750. The van der Waals surface area contributed by atoms with Gasteiger partial charge >= 0.3 is 92.5 Å². The summed E-state index contributed by atoms with van der Waals surface area (Å²) in [4.78, 5) is 0. The van der Waals surface area contributed by atoms with Crippen molar-refractivity contribution in [1.82, 2.24) is 8.66 Å². The van der Waals surface area contributed by atoms with Crippen molar-refractivity contribution >= 4 is 0 Å². The van der Waals surface area contributed by atoms with Crippen molar-refractivity contribution in [3.63, 3.8) is 0 Å². The fourth-order valence-electron chi connectivity index (χ4n) is 1.30. The summed E-state index contributed by atoms with van der Waals surface area (Å²) in [6.45, 7) is 10.3. The van der Waals surface area contributed by atoms with E-state index in [1.54, 1.807) is 0 Å². The van der Waals surface area contributed by atoms with Gasteiger partial charge in [-0.05, 0) is 0 Å². The molecule has 0 aliphatic rings. The molecule has 13 heavy (non-hydrogen) atoms. The summed E-state index contributed by atoms with van der Waals surface area (Å²) >= 11 is -1.79. The molecule has 0 heterocycles. The Morgan fingerprint density at radius 1 is 0.692 bits per heavy atom. The summed E-state index contributed by atoms with van der Waals surface area (Å²) in [5.74, 6) is 0. The maximum atomic E-state index is 2.57. The first-order chi connectivity index (χ1) is 6.08. The van der Waals surface area contributed by atoms with Gasteiger partial charge < -0.3 is 0 Å². The monoisotopic (exact) mass is 354 g/mol. The first-order valence-corrected chi connectivity index (χ1v) is 9.90. The molecule has 0 saturated carbocycles. The summed E-state index contributed by atoms with van der Waals surface area (Å²) in [6, 6.07) is 0. The Bertz CT molecular complexity index is 108. The molecule has 79 valence electrons. The average Bonchev–Trinajstić information content (AvgIpc) is 2.16. The molecule has 0 bridgehead atoms. The minimum absolute atomic E-state index is 1.18. The Kier molecular flexibility index (Phi) is 7.51. The number of nitrogens with zero attached hydrogens (tertiary/aromatic N) is 3. The van der Waals surface area contributed by atoms with E-state index in [4.69, 9.17) is 0 Å². The maximum absolute atomic E-state index is 2.57. The predicted molar refractivity (Wildman–Crippen MR) is 54.9 cm³/mol. The Labute approximate surface area is 92.4 Å². The number of hydrogen-bond donors (Lipinski definition) is 0. The molecule has 0 N–H and O–H groups in total. The van der Waals surface area contributed by atoms with Crippen LogP contribution in [0.25, 0.3) is 0 Å². The molecule has 0 spiro atoms. The fraction of sp³-hybridized carbons (Fsp3) is 1.00. The van der Waals surface area contributed by atoms with Crippen LogP contribution in [0.4, 0.5) is 0 Å². The Balaban J connectivity index is 4.34. The van der Waals surface area contributed by atoms with Crippen molar-refractivity contribution in [3.8, 4) is 0 Å². The summed E-state index contributed by atoms with van der Waals surface area (Å²) in [5.41, 5.74) is 0. The van der Waals surface area contributed by atoms with Gasteiger partial charge in [-0.15, -0.1) is 0 Å². The molecule has 0 unspecified atom stereocenters. The molecule has 0 aromatic carbocycles. The molecule has 0 fully saturated rings. The van der Waals surface area contributed by atoms with Crippen LogP contribution in [-0.2, 0) is 22.3 Å². The second-order valence-corrected chi connectivity index (χ2v) is 13.7. The zero-order valence-corrected chi connectivity index (χ0v) is 13.6. The Morgan fingerprint density at radius 3 is 1.08 bits per heavy atom. The van der Waals surface area contributed by atoms with Crippen LogP contribution < -0.4 is 0 Å². The van der Waals surface area contributed by atoms with Gasteiger partial charge in [0.25, 0.3) is 0 Å². The molecule has 3 nitrogen and oxygen atoms in total. The van der Waals surface area contributed by atoms with E-state index in [1.807, 2.05) is 0 Å². The van der Waals surface area contributed by atoms with Crippen molar-refractivity contribution in [1.29, 1.82) is 0 Å². The van der Waals surface area contributed by atoms with Gasteiger partial charge in [0.15, 0.2) is 0 Å². The predicted octanol–water partition coefficient (Wildman–Crippen LogP) is 1.20. The number of hydrogen-bond acceptors (Lipinski definition) is 3. The molecule has 0 atom stereocenters. The van der Waals surface area contributed by atoms with E-state index in [0.717, 1.165) is 0 Å². The zero-order valence-electron chi connectivity index (χ0n) is 9.96. The molecule has 0 rings (SSSR count). The van der Waals surface area contributed by atoms with Gasteiger partial charge in [-0.3, -0.25) is 0 Å². The van der Waals surface area contributed by atoms with Crippen molar-refractivity contribution in [2.24, 2.45) is 0 Å². The van der Waals surface area contributed by atoms with E-state index in [-0.39, 0.29) is 0 Å². The molecule has 0 radical (unpaired) electrons. The van der Waals surface area contributed by atoms with Crippen molar-refractivity contribution < 1.29 is 22.3 Å². The van der Waals surface area contributed by atoms with Crippen LogP contribution in [0.3, 0.4) is 0 Å². The van der Waals surface area contributed by atoms with Gasteiger partial charge in [-0.2, -0.15) is 0 Å². The second-order valence-electron chi connectivity index (χ2n) is 3.34. The van der Waals surface area contributed by atoms with Crippen LogP contribution in [0.1, 0.15) is 20.8 Å². The first kappa shape index (κ1) is 13.8. The molecule has 0 amide bonds. The quantitative estimate of drug-likeness (QED) is 0.665. The molecule has 0 aliphatic carbocycles. The van der Waals surface area contributed by atoms with Crippen molar-refractivity contribution in [3.05, 3.63) is 0 Å². The summed E-state index contributed by atoms with van der Waals surface area (Å²) < 4.78 is 7.70. The summed E-state index contributed by atoms with van der Waals surface area (Å²) in [7, 11) is 6.79. The van der Waals surface area contributed by atoms with Crippen molar-refractivity contribution in [2.75, 3.05) is 40.8 Å². The van der Waals surface area contributed by atoms with Crippen LogP contribution >= 0.6 is 0 Å². The standard InChI is InChI=1S/3C3H8N.Hf/c3*1-3-4-2;/h3*3H2,1-2H3;/q3*-1;+3. The molecule has 4 heteroatoms. The van der Waals surface area contributed by atoms with E-state index in [2.05, 4.69) is 50.6 Å². The van der Waals surface area contributed by atoms with Crippen LogP contribution in [0.15, 0.2) is 0 Å². The van der Waals surface area contributed by atoms with Gasteiger partial charge in [0.1, 0.15) is 0 Å².